The second-order valence-corrected chi connectivity index (χ2v) is 3.10. The Hall–Kier alpha value is -1.46. The van der Waals surface area contributed by atoms with Crippen LogP contribution in [0.4, 0.5) is 4.39 Å². The lowest BCUT2D eigenvalue weighted by Crippen LogP contribution is -1.96. The fraction of sp³-hybridized carbons (Fsp3) is 0.467. The van der Waals surface area contributed by atoms with Crippen LogP contribution in [0.25, 0.3) is 0 Å². The molecule has 0 spiro atoms. The van der Waals surface area contributed by atoms with E-state index < -0.39 is 5.82 Å². The summed E-state index contributed by atoms with van der Waals surface area (Å²) in [6.07, 6.45) is 1.61. The number of hydrogen-bond acceptors (Lipinski definition) is 4. The van der Waals surface area contributed by atoms with Gasteiger partial charge in [0.15, 0.2) is 11.6 Å². The molecule has 0 radical (unpaired) electrons. The first-order chi connectivity index (χ1) is 10.2. The standard InChI is InChI=1S/C9H10ClFO.C2H4O.C2H6.CH4O.CH2O/c1-2-5-12-9-4-3-7(10)6-8(9)11;1-2-3;3*1-2/h3-4,6H,2,5H2,1H3;2H,1H3;1-2H3;2H,1H3;1H2. The van der Waals surface area contributed by atoms with Crippen molar-refractivity contribution >= 4 is 24.7 Å². The minimum Gasteiger partial charge on any atom is -0.491 e. The Balaban J connectivity index is -0.000000136. The molecule has 0 bridgehead atoms. The smallest absolute Gasteiger partial charge is 0.166 e. The maximum absolute atomic E-state index is 13.0. The van der Waals surface area contributed by atoms with Crippen LogP contribution in [0.15, 0.2) is 18.2 Å². The van der Waals surface area contributed by atoms with Crippen LogP contribution >= 0.6 is 11.6 Å². The highest BCUT2D eigenvalue weighted by Crippen LogP contribution is 2.20. The van der Waals surface area contributed by atoms with Crippen LogP contribution in [0.2, 0.25) is 5.02 Å². The van der Waals surface area contributed by atoms with Crippen LogP contribution in [0, 0.1) is 5.82 Å². The Morgan fingerprint density at radius 1 is 1.33 bits per heavy atom. The first-order valence-electron chi connectivity index (χ1n) is 6.36. The average Bonchev–Trinajstić information content (AvgIpc) is 2.53. The Kier molecular flexibility index (Phi) is 35.7. The van der Waals surface area contributed by atoms with Gasteiger partial charge in [-0.05, 0) is 31.5 Å². The zero-order valence-electron chi connectivity index (χ0n) is 13.4. The average molecular weight is 325 g/mol. The van der Waals surface area contributed by atoms with E-state index in [0.29, 0.717) is 11.6 Å². The Bertz CT molecular complexity index is 323. The molecule has 0 aliphatic rings. The van der Waals surface area contributed by atoms with E-state index in [-0.39, 0.29) is 5.75 Å². The normalized spacial score (nSPS) is 7.05. The summed E-state index contributed by atoms with van der Waals surface area (Å²) in [4.78, 5) is 16.8. The van der Waals surface area contributed by atoms with Crippen molar-refractivity contribution in [1.29, 1.82) is 0 Å². The maximum Gasteiger partial charge on any atom is 0.166 e. The van der Waals surface area contributed by atoms with E-state index in [4.69, 9.17) is 31.0 Å². The third-order valence-corrected chi connectivity index (χ3v) is 1.59. The predicted octanol–water partition coefficient (Wildman–Crippen LogP) is 3.92. The summed E-state index contributed by atoms with van der Waals surface area (Å²) in [6, 6.07) is 4.38. The van der Waals surface area contributed by atoms with E-state index in [9.17, 15) is 4.39 Å². The van der Waals surface area contributed by atoms with E-state index in [0.717, 1.165) is 19.8 Å². The number of hydrogen-bond donors (Lipinski definition) is 1. The van der Waals surface area contributed by atoms with E-state index >= 15 is 0 Å². The summed E-state index contributed by atoms with van der Waals surface area (Å²) < 4.78 is 18.1. The van der Waals surface area contributed by atoms with Gasteiger partial charge in [-0.3, -0.25) is 0 Å². The van der Waals surface area contributed by atoms with Gasteiger partial charge < -0.3 is 19.4 Å². The molecule has 0 saturated heterocycles. The molecule has 0 aliphatic heterocycles. The third-order valence-electron chi connectivity index (χ3n) is 1.36. The molecule has 1 N–H and O–H groups in total. The van der Waals surface area contributed by atoms with E-state index in [1.54, 1.807) is 6.07 Å². The number of aldehydes is 1. The summed E-state index contributed by atoms with van der Waals surface area (Å²) in [5, 5.41) is 7.39. The lowest BCUT2D eigenvalue weighted by molar-refractivity contribution is -0.106. The largest absolute Gasteiger partial charge is 0.491 e. The highest BCUT2D eigenvalue weighted by molar-refractivity contribution is 6.30. The van der Waals surface area contributed by atoms with Gasteiger partial charge in [0.25, 0.3) is 0 Å². The van der Waals surface area contributed by atoms with Crippen molar-refractivity contribution in [2.24, 2.45) is 0 Å². The first kappa shape index (κ1) is 27.8. The Morgan fingerprint density at radius 3 is 2.10 bits per heavy atom. The fourth-order valence-electron chi connectivity index (χ4n) is 0.804. The SMILES string of the molecule is C=O.CC.CC=O.CCCOc1ccc(Cl)cc1F.CO. The topological polar surface area (TPSA) is 63.6 Å². The number of rotatable bonds is 3. The predicted molar refractivity (Wildman–Crippen MR) is 85.5 cm³/mol. The molecule has 1 rings (SSSR count). The summed E-state index contributed by atoms with van der Waals surface area (Å²) in [5.41, 5.74) is 0. The number of carbonyl (C=O) groups excluding carboxylic acids is 2. The lowest BCUT2D eigenvalue weighted by atomic mass is 10.3. The van der Waals surface area contributed by atoms with Crippen molar-refractivity contribution in [2.75, 3.05) is 13.7 Å². The van der Waals surface area contributed by atoms with Gasteiger partial charge in [-0.15, -0.1) is 0 Å². The number of aliphatic hydroxyl groups is 1. The molecule has 0 atom stereocenters. The van der Waals surface area contributed by atoms with E-state index in [2.05, 4.69) is 0 Å². The van der Waals surface area contributed by atoms with Gasteiger partial charge in [0.05, 0.1) is 6.61 Å². The van der Waals surface area contributed by atoms with Crippen molar-refractivity contribution in [3.05, 3.63) is 29.0 Å². The molecule has 0 aliphatic carbocycles. The van der Waals surface area contributed by atoms with Crippen LogP contribution in [0.5, 0.6) is 5.75 Å². The van der Waals surface area contributed by atoms with Crippen molar-refractivity contribution in [1.82, 2.24) is 0 Å². The second kappa shape index (κ2) is 27.0. The maximum atomic E-state index is 13.0. The number of aliphatic hydroxyl groups excluding tert-OH is 1. The molecule has 6 heteroatoms. The summed E-state index contributed by atoms with van der Waals surface area (Å²) in [7, 11) is 1.00. The highest BCUT2D eigenvalue weighted by atomic mass is 35.5. The molecule has 1 aromatic rings. The quantitative estimate of drug-likeness (QED) is 0.856. The van der Waals surface area contributed by atoms with Crippen LogP contribution in [0.3, 0.4) is 0 Å². The van der Waals surface area contributed by atoms with Gasteiger partial charge in [0.1, 0.15) is 13.1 Å². The minimum absolute atomic E-state index is 0.265. The molecule has 0 fully saturated rings. The van der Waals surface area contributed by atoms with Gasteiger partial charge in [0, 0.05) is 12.1 Å². The van der Waals surface area contributed by atoms with Gasteiger partial charge >= 0.3 is 0 Å². The van der Waals surface area contributed by atoms with Gasteiger partial charge in [-0.1, -0.05) is 32.4 Å². The molecule has 0 aromatic heterocycles. The molecular weight excluding hydrogens is 299 g/mol. The Labute approximate surface area is 131 Å². The lowest BCUT2D eigenvalue weighted by Gasteiger charge is -2.04. The fourth-order valence-corrected chi connectivity index (χ4v) is 0.963. The Morgan fingerprint density at radius 2 is 1.76 bits per heavy atom. The van der Waals surface area contributed by atoms with Crippen LogP contribution in [-0.2, 0) is 9.59 Å². The van der Waals surface area contributed by atoms with Crippen molar-refractivity contribution in [3.8, 4) is 5.75 Å². The van der Waals surface area contributed by atoms with Crippen molar-refractivity contribution in [3.63, 3.8) is 0 Å². The molecule has 124 valence electrons. The van der Waals surface area contributed by atoms with Crippen molar-refractivity contribution < 1.29 is 23.8 Å². The van der Waals surface area contributed by atoms with Crippen LogP contribution in [0.1, 0.15) is 34.1 Å². The minimum atomic E-state index is -0.407. The molecule has 1 aromatic carbocycles. The summed E-state index contributed by atoms with van der Waals surface area (Å²) in [6.45, 7) is 9.94. The monoisotopic (exact) mass is 324 g/mol. The van der Waals surface area contributed by atoms with Crippen LogP contribution < -0.4 is 4.74 Å². The summed E-state index contributed by atoms with van der Waals surface area (Å²) >= 11 is 5.56. The van der Waals surface area contributed by atoms with Gasteiger partial charge in [0.2, 0.25) is 0 Å². The number of halogens is 2. The zero-order chi connectivity index (χ0) is 17.7. The van der Waals surface area contributed by atoms with Gasteiger partial charge in [-0.25, -0.2) is 4.39 Å². The molecule has 21 heavy (non-hydrogen) atoms. The molecule has 0 heterocycles. The number of carbonyl (C=O) groups is 2. The van der Waals surface area contributed by atoms with Gasteiger partial charge in [-0.2, -0.15) is 0 Å². The first-order valence-corrected chi connectivity index (χ1v) is 6.74. The highest BCUT2D eigenvalue weighted by Gasteiger charge is 2.02. The molecule has 0 unspecified atom stereocenters. The zero-order valence-corrected chi connectivity index (χ0v) is 14.1. The van der Waals surface area contributed by atoms with E-state index in [1.165, 1.54) is 19.1 Å². The van der Waals surface area contributed by atoms with E-state index in [1.807, 2.05) is 27.6 Å². The number of benzene rings is 1. The van der Waals surface area contributed by atoms with Crippen LogP contribution in [-0.4, -0.2) is 31.9 Å². The number of ether oxygens (including phenoxy) is 1. The second-order valence-electron chi connectivity index (χ2n) is 2.66. The summed E-state index contributed by atoms with van der Waals surface area (Å²) in [5.74, 6) is -0.141. The molecule has 4 nitrogen and oxygen atoms in total. The third kappa shape index (κ3) is 21.0. The molecular formula is C15H26ClFO4. The molecule has 0 amide bonds. The molecule has 0 saturated carbocycles. The van der Waals surface area contributed by atoms with Crippen molar-refractivity contribution in [2.45, 2.75) is 34.1 Å².